The Labute approximate surface area is 302 Å². The normalized spacial score (nSPS) is 16.1. The molecule has 1 saturated carbocycles. The molecule has 3 N–H and O–H groups in total. The zero-order valence-corrected chi connectivity index (χ0v) is 30.8. The van der Waals surface area contributed by atoms with Gasteiger partial charge in [-0.1, -0.05) is 78.7 Å². The van der Waals surface area contributed by atoms with Crippen molar-refractivity contribution in [3.8, 4) is 11.3 Å². The maximum absolute atomic E-state index is 14.7. The van der Waals surface area contributed by atoms with E-state index in [4.69, 9.17) is 4.98 Å². The molecule has 0 radical (unpaired) electrons. The van der Waals surface area contributed by atoms with Gasteiger partial charge in [-0.25, -0.2) is 4.98 Å². The van der Waals surface area contributed by atoms with E-state index in [1.807, 2.05) is 48.7 Å². The van der Waals surface area contributed by atoms with Gasteiger partial charge in [-0.05, 0) is 67.7 Å². The van der Waals surface area contributed by atoms with E-state index in [1.54, 1.807) is 24.8 Å². The first-order valence-corrected chi connectivity index (χ1v) is 19.1. The van der Waals surface area contributed by atoms with Gasteiger partial charge in [-0.2, -0.15) is 0 Å². The van der Waals surface area contributed by atoms with Gasteiger partial charge < -0.3 is 15.7 Å². The molecule has 1 unspecified atom stereocenters. The van der Waals surface area contributed by atoms with Crippen molar-refractivity contribution < 1.29 is 14.7 Å². The first kappa shape index (κ1) is 38.0. The highest BCUT2D eigenvalue weighted by atomic mass is 16.3. The Morgan fingerprint density at radius 1 is 0.980 bits per heavy atom. The van der Waals surface area contributed by atoms with E-state index < -0.39 is 18.1 Å². The Morgan fingerprint density at radius 3 is 2.41 bits per heavy atom. The standard InChI is InChI=1S/C40H56N8O3/c1-5-7-20-43-39(50)31(27(3)4)23-36(49)34(22-28-14-9-8-10-15-28)45-40(51)32(21-29-16-11-18-41-24-29)37-46-47-38-33(13-6-2)44-35(26-48(37)38)30-17-12-19-42-25-30/h11-12,16-19,24-28,31-32,34,36,49H,5-10,13-15,20-23H2,1-4H3,(H,43,50)(H,45,51)/t31-,32?,34-,36-/m0/s1. The summed E-state index contributed by atoms with van der Waals surface area (Å²) >= 11 is 0. The summed E-state index contributed by atoms with van der Waals surface area (Å²) < 4.78 is 1.91. The lowest BCUT2D eigenvalue weighted by molar-refractivity contribution is -0.128. The third-order valence-corrected chi connectivity index (χ3v) is 10.3. The maximum atomic E-state index is 14.7. The summed E-state index contributed by atoms with van der Waals surface area (Å²) in [7, 11) is 0. The third kappa shape index (κ3) is 10.2. The summed E-state index contributed by atoms with van der Waals surface area (Å²) in [6, 6.07) is 7.14. The number of unbranched alkanes of at least 4 members (excludes halogenated alkanes) is 1. The number of carbonyl (C=O) groups excluding carboxylic acids is 2. The van der Waals surface area contributed by atoms with Crippen LogP contribution in [0.1, 0.15) is 115 Å². The molecule has 1 fully saturated rings. The van der Waals surface area contributed by atoms with Crippen molar-refractivity contribution in [2.75, 3.05) is 6.54 Å². The fourth-order valence-electron chi connectivity index (χ4n) is 7.33. The molecule has 0 bridgehead atoms. The van der Waals surface area contributed by atoms with Crippen LogP contribution in [0.2, 0.25) is 0 Å². The Bertz CT molecular complexity index is 1670. The average Bonchev–Trinajstić information content (AvgIpc) is 3.57. The first-order valence-electron chi connectivity index (χ1n) is 19.1. The van der Waals surface area contributed by atoms with E-state index in [1.165, 1.54) is 6.42 Å². The molecule has 0 aliphatic heterocycles. The van der Waals surface area contributed by atoms with Crippen molar-refractivity contribution in [1.29, 1.82) is 0 Å². The van der Waals surface area contributed by atoms with Crippen LogP contribution in [0.15, 0.2) is 55.2 Å². The van der Waals surface area contributed by atoms with Gasteiger partial charge in [-0.15, -0.1) is 10.2 Å². The highest BCUT2D eigenvalue weighted by Crippen LogP contribution is 2.31. The largest absolute Gasteiger partial charge is 0.391 e. The molecule has 11 heteroatoms. The van der Waals surface area contributed by atoms with Crippen molar-refractivity contribution in [2.24, 2.45) is 17.8 Å². The number of carbonyl (C=O) groups is 2. The Kier molecular flexibility index (Phi) is 14.0. The van der Waals surface area contributed by atoms with Crippen LogP contribution in [0.3, 0.4) is 0 Å². The minimum Gasteiger partial charge on any atom is -0.391 e. The molecule has 0 spiro atoms. The van der Waals surface area contributed by atoms with Crippen molar-refractivity contribution in [1.82, 2.24) is 40.2 Å². The zero-order valence-electron chi connectivity index (χ0n) is 30.8. The number of nitrogens with one attached hydrogen (secondary N) is 2. The molecule has 5 rings (SSSR count). The molecule has 0 aromatic carbocycles. The molecule has 51 heavy (non-hydrogen) atoms. The summed E-state index contributed by atoms with van der Waals surface area (Å²) in [5, 5.41) is 27.5. The summed E-state index contributed by atoms with van der Waals surface area (Å²) in [6.07, 6.45) is 18.4. The van der Waals surface area contributed by atoms with Gasteiger partial charge in [0, 0.05) is 49.0 Å². The van der Waals surface area contributed by atoms with Gasteiger partial charge >= 0.3 is 0 Å². The van der Waals surface area contributed by atoms with Crippen molar-refractivity contribution >= 4 is 17.5 Å². The maximum Gasteiger partial charge on any atom is 0.231 e. The molecule has 4 aromatic heterocycles. The minimum atomic E-state index is -0.896. The highest BCUT2D eigenvalue weighted by Gasteiger charge is 2.35. The molecular formula is C40H56N8O3. The van der Waals surface area contributed by atoms with Gasteiger partial charge in [0.15, 0.2) is 5.65 Å². The van der Waals surface area contributed by atoms with E-state index in [0.29, 0.717) is 43.2 Å². The predicted octanol–water partition coefficient (Wildman–Crippen LogP) is 6.25. The van der Waals surface area contributed by atoms with Crippen LogP contribution in [0, 0.1) is 17.8 Å². The number of hydrogen-bond donors (Lipinski definition) is 3. The molecule has 0 saturated heterocycles. The van der Waals surface area contributed by atoms with Crippen molar-refractivity contribution in [3.63, 3.8) is 0 Å². The van der Waals surface area contributed by atoms with Crippen LogP contribution in [-0.4, -0.2) is 65.2 Å². The Morgan fingerprint density at radius 2 is 1.75 bits per heavy atom. The quantitative estimate of drug-likeness (QED) is 0.103. The number of aryl methyl sites for hydroxylation is 1. The summed E-state index contributed by atoms with van der Waals surface area (Å²) in [6.45, 7) is 8.86. The molecule has 4 aromatic rings. The number of amides is 2. The van der Waals surface area contributed by atoms with Gasteiger partial charge in [0.1, 0.15) is 11.7 Å². The van der Waals surface area contributed by atoms with Gasteiger partial charge in [0.25, 0.3) is 0 Å². The SMILES string of the molecule is CCCCNC(=O)[C@@H](C[C@H](O)[C@H](CC1CCCCC1)NC(=O)C(Cc1cccnc1)c1nnc2c(CCC)nc(-c3cccnc3)cn12)C(C)C. The third-order valence-electron chi connectivity index (χ3n) is 10.3. The molecule has 2 amide bonds. The molecular weight excluding hydrogens is 640 g/mol. The number of aliphatic hydroxyl groups excluding tert-OH is 1. The van der Waals surface area contributed by atoms with E-state index in [9.17, 15) is 14.7 Å². The number of aromatic nitrogens is 6. The van der Waals surface area contributed by atoms with Crippen LogP contribution >= 0.6 is 0 Å². The number of aliphatic hydroxyl groups is 1. The van der Waals surface area contributed by atoms with E-state index >= 15 is 0 Å². The number of fused-ring (bicyclic) bond motifs is 1. The van der Waals surface area contributed by atoms with Crippen molar-refractivity contribution in [2.45, 2.75) is 123 Å². The number of pyridine rings is 2. The summed E-state index contributed by atoms with van der Waals surface area (Å²) in [4.78, 5) is 41.6. The fourth-order valence-corrected chi connectivity index (χ4v) is 7.33. The summed E-state index contributed by atoms with van der Waals surface area (Å²) in [5.41, 5.74) is 3.90. The molecule has 1 aliphatic rings. The van der Waals surface area contributed by atoms with Crippen LogP contribution < -0.4 is 10.6 Å². The number of hydrogen-bond acceptors (Lipinski definition) is 8. The predicted molar refractivity (Wildman–Crippen MR) is 199 cm³/mol. The lowest BCUT2D eigenvalue weighted by atomic mass is 9.81. The van der Waals surface area contributed by atoms with Gasteiger partial charge in [0.2, 0.25) is 11.8 Å². The Balaban J connectivity index is 1.50. The van der Waals surface area contributed by atoms with Crippen LogP contribution in [-0.2, 0) is 22.4 Å². The number of rotatable bonds is 18. The van der Waals surface area contributed by atoms with Crippen LogP contribution in [0.5, 0.6) is 0 Å². The van der Waals surface area contributed by atoms with E-state index in [2.05, 4.69) is 44.6 Å². The Hall–Kier alpha value is -4.25. The molecule has 11 nitrogen and oxygen atoms in total. The van der Waals surface area contributed by atoms with Gasteiger partial charge in [0.05, 0.1) is 23.5 Å². The van der Waals surface area contributed by atoms with Crippen LogP contribution in [0.25, 0.3) is 16.9 Å². The lowest BCUT2D eigenvalue weighted by Crippen LogP contribution is -2.48. The number of nitrogens with zero attached hydrogens (tertiary/aromatic N) is 6. The monoisotopic (exact) mass is 696 g/mol. The molecule has 4 heterocycles. The first-order chi connectivity index (χ1) is 24.8. The zero-order chi connectivity index (χ0) is 36.2. The highest BCUT2D eigenvalue weighted by molar-refractivity contribution is 5.84. The topological polar surface area (TPSA) is 147 Å². The molecule has 1 aliphatic carbocycles. The molecule has 4 atom stereocenters. The average molecular weight is 697 g/mol. The second-order valence-corrected chi connectivity index (χ2v) is 14.6. The molecule has 274 valence electrons. The van der Waals surface area contributed by atoms with E-state index in [-0.39, 0.29) is 30.1 Å². The summed E-state index contributed by atoms with van der Waals surface area (Å²) in [5.74, 6) is -0.453. The van der Waals surface area contributed by atoms with Crippen molar-refractivity contribution in [3.05, 3.63) is 72.3 Å². The smallest absolute Gasteiger partial charge is 0.231 e. The second-order valence-electron chi connectivity index (χ2n) is 14.6. The van der Waals surface area contributed by atoms with Crippen LogP contribution in [0.4, 0.5) is 0 Å². The lowest BCUT2D eigenvalue weighted by Gasteiger charge is -2.33. The van der Waals surface area contributed by atoms with Gasteiger partial charge in [-0.3, -0.25) is 24.0 Å². The fraction of sp³-hybridized carbons (Fsp3) is 0.575. The van der Waals surface area contributed by atoms with E-state index in [0.717, 1.165) is 67.5 Å². The minimum absolute atomic E-state index is 0.0351. The second kappa shape index (κ2) is 18.8.